The van der Waals surface area contributed by atoms with Crippen LogP contribution in [0.4, 0.5) is 4.39 Å². The molecule has 0 aliphatic heterocycles. The van der Waals surface area contributed by atoms with E-state index < -0.39 is 0 Å². The van der Waals surface area contributed by atoms with Crippen LogP contribution in [0.5, 0.6) is 0 Å². The Morgan fingerprint density at radius 2 is 2.00 bits per heavy atom. The lowest BCUT2D eigenvalue weighted by Crippen LogP contribution is -2.10. The molecule has 0 radical (unpaired) electrons. The Hall–Kier alpha value is 0.280. The van der Waals surface area contributed by atoms with E-state index in [0.717, 1.165) is 0 Å². The molecule has 50 valence electrons. The molecule has 0 saturated carbocycles. The molecule has 0 aliphatic rings. The molecule has 0 fully saturated rings. The molecule has 0 amide bonds. The minimum Gasteiger partial charge on any atom is -0.251 e. The molecule has 0 rings (SSSR count). The summed E-state index contributed by atoms with van der Waals surface area (Å²) in [6.07, 6.45) is 2.01. The standard InChI is InChI=1S/C6H13FS/c1-5(4-7)6(2)8-3/h5-6H,4H2,1-3H3/t5-,6?/m0/s1. The third-order valence-electron chi connectivity index (χ3n) is 1.42. The fourth-order valence-electron chi connectivity index (χ4n) is 0.358. The van der Waals surface area contributed by atoms with Crippen molar-refractivity contribution in [3.8, 4) is 0 Å². The third kappa shape index (κ3) is 2.55. The van der Waals surface area contributed by atoms with Gasteiger partial charge in [-0.05, 0) is 12.2 Å². The molecule has 0 N–H and O–H groups in total. The summed E-state index contributed by atoms with van der Waals surface area (Å²) in [7, 11) is 0. The third-order valence-corrected chi connectivity index (χ3v) is 2.62. The second kappa shape index (κ2) is 4.19. The van der Waals surface area contributed by atoms with Crippen LogP contribution in [0.15, 0.2) is 0 Å². The summed E-state index contributed by atoms with van der Waals surface area (Å²) in [5, 5.41) is 0.458. The van der Waals surface area contributed by atoms with Gasteiger partial charge in [0.1, 0.15) is 0 Å². The maximum atomic E-state index is 11.8. The highest BCUT2D eigenvalue weighted by atomic mass is 32.2. The van der Waals surface area contributed by atoms with Crippen LogP contribution in [0, 0.1) is 5.92 Å². The first-order valence-corrected chi connectivity index (χ1v) is 4.10. The van der Waals surface area contributed by atoms with Crippen LogP contribution in [-0.2, 0) is 0 Å². The zero-order chi connectivity index (χ0) is 6.57. The molecule has 0 bridgehead atoms. The van der Waals surface area contributed by atoms with Gasteiger partial charge in [-0.3, -0.25) is 4.39 Å². The summed E-state index contributed by atoms with van der Waals surface area (Å²) in [6.45, 7) is 3.79. The van der Waals surface area contributed by atoms with Crippen molar-refractivity contribution in [1.82, 2.24) is 0 Å². The number of halogens is 1. The predicted octanol–water partition coefficient (Wildman–Crippen LogP) is 2.34. The highest BCUT2D eigenvalue weighted by molar-refractivity contribution is 7.99. The molecule has 0 nitrogen and oxygen atoms in total. The first-order valence-electron chi connectivity index (χ1n) is 2.81. The fraction of sp³-hybridized carbons (Fsp3) is 1.00. The van der Waals surface area contributed by atoms with Crippen molar-refractivity contribution in [1.29, 1.82) is 0 Å². The average molecular weight is 136 g/mol. The van der Waals surface area contributed by atoms with Crippen molar-refractivity contribution < 1.29 is 4.39 Å². The quantitative estimate of drug-likeness (QED) is 0.574. The van der Waals surface area contributed by atoms with Gasteiger partial charge in [0, 0.05) is 5.25 Å². The molecule has 0 spiro atoms. The second-order valence-electron chi connectivity index (χ2n) is 2.07. The van der Waals surface area contributed by atoms with Gasteiger partial charge in [-0.15, -0.1) is 0 Å². The lowest BCUT2D eigenvalue weighted by atomic mass is 10.1. The Labute approximate surface area is 54.9 Å². The van der Waals surface area contributed by atoms with Gasteiger partial charge in [-0.2, -0.15) is 11.8 Å². The summed E-state index contributed by atoms with van der Waals surface area (Å²) in [6, 6.07) is 0. The molecular formula is C6H13FS. The van der Waals surface area contributed by atoms with Crippen molar-refractivity contribution >= 4 is 11.8 Å². The van der Waals surface area contributed by atoms with Gasteiger partial charge >= 0.3 is 0 Å². The van der Waals surface area contributed by atoms with E-state index in [1.807, 2.05) is 13.2 Å². The molecule has 0 heterocycles. The SMILES string of the molecule is CSC(C)[C@@H](C)CF. The van der Waals surface area contributed by atoms with Gasteiger partial charge in [-0.1, -0.05) is 13.8 Å². The minimum absolute atomic E-state index is 0.192. The van der Waals surface area contributed by atoms with Gasteiger partial charge in [0.05, 0.1) is 6.67 Å². The highest BCUT2D eigenvalue weighted by Gasteiger charge is 2.08. The number of alkyl halides is 1. The maximum absolute atomic E-state index is 11.8. The van der Waals surface area contributed by atoms with E-state index in [-0.39, 0.29) is 12.6 Å². The molecular weight excluding hydrogens is 123 g/mol. The molecule has 0 aromatic heterocycles. The predicted molar refractivity (Wildman–Crippen MR) is 38.1 cm³/mol. The van der Waals surface area contributed by atoms with Crippen LogP contribution in [-0.4, -0.2) is 18.2 Å². The Morgan fingerprint density at radius 1 is 1.50 bits per heavy atom. The first-order chi connectivity index (χ1) is 3.72. The van der Waals surface area contributed by atoms with E-state index in [9.17, 15) is 4.39 Å². The minimum atomic E-state index is -0.192. The Bertz CT molecular complexity index is 48.5. The Balaban J connectivity index is 3.29. The van der Waals surface area contributed by atoms with Crippen molar-refractivity contribution in [3.63, 3.8) is 0 Å². The average Bonchev–Trinajstić information content (AvgIpc) is 1.84. The topological polar surface area (TPSA) is 0 Å². The van der Waals surface area contributed by atoms with E-state index in [0.29, 0.717) is 5.25 Å². The molecule has 0 saturated heterocycles. The zero-order valence-electron chi connectivity index (χ0n) is 5.65. The first kappa shape index (κ1) is 8.28. The lowest BCUT2D eigenvalue weighted by molar-refractivity contribution is 0.382. The van der Waals surface area contributed by atoms with Crippen molar-refractivity contribution in [3.05, 3.63) is 0 Å². The largest absolute Gasteiger partial charge is 0.251 e. The van der Waals surface area contributed by atoms with Crippen LogP contribution in [0.25, 0.3) is 0 Å². The van der Waals surface area contributed by atoms with E-state index in [2.05, 4.69) is 6.92 Å². The monoisotopic (exact) mass is 136 g/mol. The van der Waals surface area contributed by atoms with E-state index >= 15 is 0 Å². The second-order valence-corrected chi connectivity index (χ2v) is 3.29. The molecule has 2 atom stereocenters. The normalized spacial score (nSPS) is 18.0. The number of hydrogen-bond acceptors (Lipinski definition) is 1. The summed E-state index contributed by atoms with van der Waals surface area (Å²) in [4.78, 5) is 0. The molecule has 0 aliphatic carbocycles. The van der Waals surface area contributed by atoms with Gasteiger partial charge < -0.3 is 0 Å². The molecule has 0 aromatic rings. The van der Waals surface area contributed by atoms with Gasteiger partial charge in [0.25, 0.3) is 0 Å². The molecule has 0 aromatic carbocycles. The molecule has 8 heavy (non-hydrogen) atoms. The van der Waals surface area contributed by atoms with E-state index in [1.165, 1.54) is 0 Å². The van der Waals surface area contributed by atoms with E-state index in [4.69, 9.17) is 0 Å². The van der Waals surface area contributed by atoms with Crippen LogP contribution in [0.3, 0.4) is 0 Å². The van der Waals surface area contributed by atoms with Crippen molar-refractivity contribution in [2.45, 2.75) is 19.1 Å². The summed E-state index contributed by atoms with van der Waals surface area (Å²) in [5.41, 5.74) is 0. The summed E-state index contributed by atoms with van der Waals surface area (Å²) >= 11 is 1.72. The number of rotatable bonds is 3. The van der Waals surface area contributed by atoms with Gasteiger partial charge in [-0.25, -0.2) is 0 Å². The molecule has 2 heteroatoms. The van der Waals surface area contributed by atoms with E-state index in [1.54, 1.807) is 11.8 Å². The maximum Gasteiger partial charge on any atom is 0.0930 e. The van der Waals surface area contributed by atoms with Crippen LogP contribution in [0.2, 0.25) is 0 Å². The van der Waals surface area contributed by atoms with Crippen LogP contribution < -0.4 is 0 Å². The smallest absolute Gasteiger partial charge is 0.0930 e. The van der Waals surface area contributed by atoms with Gasteiger partial charge in [0.15, 0.2) is 0 Å². The van der Waals surface area contributed by atoms with Crippen molar-refractivity contribution in [2.24, 2.45) is 5.92 Å². The summed E-state index contributed by atoms with van der Waals surface area (Å²) in [5.74, 6) is 0.213. The Kier molecular flexibility index (Phi) is 4.33. The lowest BCUT2D eigenvalue weighted by Gasteiger charge is -2.12. The van der Waals surface area contributed by atoms with Crippen molar-refractivity contribution in [2.75, 3.05) is 12.9 Å². The Morgan fingerprint density at radius 3 is 2.12 bits per heavy atom. The van der Waals surface area contributed by atoms with Crippen LogP contribution in [0.1, 0.15) is 13.8 Å². The van der Waals surface area contributed by atoms with Gasteiger partial charge in [0.2, 0.25) is 0 Å². The van der Waals surface area contributed by atoms with Crippen LogP contribution >= 0.6 is 11.8 Å². The zero-order valence-corrected chi connectivity index (χ0v) is 6.46. The summed E-state index contributed by atoms with van der Waals surface area (Å²) < 4.78 is 11.8. The number of thioether (sulfide) groups is 1. The molecule has 1 unspecified atom stereocenters. The highest BCUT2D eigenvalue weighted by Crippen LogP contribution is 2.15. The number of hydrogen-bond donors (Lipinski definition) is 0. The fourth-order valence-corrected chi connectivity index (χ4v) is 0.895.